The van der Waals surface area contributed by atoms with Crippen LogP contribution in [0.15, 0.2) is 42.7 Å². The van der Waals surface area contributed by atoms with Crippen LogP contribution in [0, 0.1) is 0 Å². The van der Waals surface area contributed by atoms with E-state index in [0.717, 1.165) is 0 Å². The Labute approximate surface area is 124 Å². The van der Waals surface area contributed by atoms with Crippen LogP contribution < -0.4 is 10.9 Å². The van der Waals surface area contributed by atoms with Crippen molar-refractivity contribution in [2.75, 3.05) is 0 Å². The van der Waals surface area contributed by atoms with E-state index in [1.165, 1.54) is 36.7 Å². The number of hydrazine groups is 1. The first kappa shape index (κ1) is 14.3. The number of amides is 2. The molecule has 2 aromatic rings. The zero-order valence-corrected chi connectivity index (χ0v) is 11.6. The van der Waals surface area contributed by atoms with E-state index in [2.05, 4.69) is 15.8 Å². The van der Waals surface area contributed by atoms with Crippen molar-refractivity contribution in [2.24, 2.45) is 0 Å². The van der Waals surface area contributed by atoms with E-state index in [1.54, 1.807) is 6.07 Å². The van der Waals surface area contributed by atoms with E-state index in [0.29, 0.717) is 10.6 Å². The molecule has 0 aliphatic carbocycles. The maximum absolute atomic E-state index is 11.9. The fraction of sp³-hybridized carbons (Fsp3) is 0. The van der Waals surface area contributed by atoms with Gasteiger partial charge in [-0.3, -0.25) is 25.4 Å². The lowest BCUT2D eigenvalue weighted by Gasteiger charge is -2.08. The lowest BCUT2D eigenvalue weighted by atomic mass is 10.2. The highest BCUT2D eigenvalue weighted by Crippen LogP contribution is 2.20. The fourth-order valence-electron chi connectivity index (χ4n) is 1.43. The van der Waals surface area contributed by atoms with Crippen LogP contribution in [0.3, 0.4) is 0 Å². The summed E-state index contributed by atoms with van der Waals surface area (Å²) in [4.78, 5) is 27.4. The molecule has 2 rings (SSSR count). The second-order valence-corrected chi connectivity index (χ2v) is 4.61. The van der Waals surface area contributed by atoms with Crippen molar-refractivity contribution in [1.82, 2.24) is 15.8 Å². The van der Waals surface area contributed by atoms with E-state index in [1.807, 2.05) is 0 Å². The highest BCUT2D eigenvalue weighted by molar-refractivity contribution is 6.35. The van der Waals surface area contributed by atoms with Crippen molar-refractivity contribution in [2.45, 2.75) is 0 Å². The van der Waals surface area contributed by atoms with E-state index in [-0.39, 0.29) is 10.6 Å². The fourth-order valence-corrected chi connectivity index (χ4v) is 1.80. The highest BCUT2D eigenvalue weighted by atomic mass is 35.5. The smallest absolute Gasteiger partial charge is 0.267 e. The second-order valence-electron chi connectivity index (χ2n) is 3.77. The third-order valence-electron chi connectivity index (χ3n) is 2.41. The molecule has 2 amide bonds. The van der Waals surface area contributed by atoms with Crippen molar-refractivity contribution in [3.63, 3.8) is 0 Å². The predicted molar refractivity (Wildman–Crippen MR) is 75.6 cm³/mol. The van der Waals surface area contributed by atoms with Crippen LogP contribution in [-0.4, -0.2) is 16.8 Å². The van der Waals surface area contributed by atoms with E-state index in [9.17, 15) is 9.59 Å². The van der Waals surface area contributed by atoms with Crippen molar-refractivity contribution >= 4 is 35.0 Å². The minimum absolute atomic E-state index is 0.175. The molecule has 0 aliphatic heterocycles. The summed E-state index contributed by atoms with van der Waals surface area (Å²) in [7, 11) is 0. The zero-order valence-electron chi connectivity index (χ0n) is 10.1. The summed E-state index contributed by atoms with van der Waals surface area (Å²) in [5, 5.41) is 0.616. The third kappa shape index (κ3) is 3.46. The zero-order chi connectivity index (χ0) is 14.5. The summed E-state index contributed by atoms with van der Waals surface area (Å²) >= 11 is 11.7. The van der Waals surface area contributed by atoms with Gasteiger partial charge >= 0.3 is 0 Å². The van der Waals surface area contributed by atoms with Crippen LogP contribution in [0.1, 0.15) is 20.7 Å². The summed E-state index contributed by atoms with van der Waals surface area (Å²) < 4.78 is 0. The van der Waals surface area contributed by atoms with Gasteiger partial charge in [-0.05, 0) is 30.3 Å². The van der Waals surface area contributed by atoms with Crippen LogP contribution in [0.25, 0.3) is 0 Å². The molecule has 0 atom stereocenters. The first-order valence-electron chi connectivity index (χ1n) is 5.53. The number of benzene rings is 1. The Morgan fingerprint density at radius 3 is 2.30 bits per heavy atom. The summed E-state index contributed by atoms with van der Waals surface area (Å²) in [5.74, 6) is -1.01. The lowest BCUT2D eigenvalue weighted by Crippen LogP contribution is -2.41. The number of hydrogen-bond donors (Lipinski definition) is 2. The van der Waals surface area contributed by atoms with Gasteiger partial charge in [-0.1, -0.05) is 23.2 Å². The molecule has 1 aromatic heterocycles. The van der Waals surface area contributed by atoms with E-state index >= 15 is 0 Å². The molecule has 2 N–H and O–H groups in total. The van der Waals surface area contributed by atoms with E-state index < -0.39 is 11.8 Å². The normalized spacial score (nSPS) is 9.90. The van der Waals surface area contributed by atoms with Gasteiger partial charge in [-0.25, -0.2) is 0 Å². The van der Waals surface area contributed by atoms with Gasteiger partial charge in [0.15, 0.2) is 0 Å². The van der Waals surface area contributed by atoms with Crippen LogP contribution in [-0.2, 0) is 0 Å². The number of carbonyl (C=O) groups excluding carboxylic acids is 2. The molecule has 0 spiro atoms. The second kappa shape index (κ2) is 6.36. The molecular weight excluding hydrogens is 301 g/mol. The Morgan fingerprint density at radius 2 is 1.60 bits per heavy atom. The molecule has 7 heteroatoms. The Balaban J connectivity index is 2.02. The number of carbonyl (C=O) groups is 2. The van der Waals surface area contributed by atoms with Crippen molar-refractivity contribution in [3.05, 3.63) is 63.9 Å². The average molecular weight is 310 g/mol. The van der Waals surface area contributed by atoms with Crippen LogP contribution in [0.4, 0.5) is 0 Å². The first-order chi connectivity index (χ1) is 9.58. The van der Waals surface area contributed by atoms with Gasteiger partial charge in [0.25, 0.3) is 11.8 Å². The Kier molecular flexibility index (Phi) is 4.55. The summed E-state index contributed by atoms with van der Waals surface area (Å²) in [6.45, 7) is 0. The molecule has 102 valence electrons. The molecule has 0 saturated heterocycles. The monoisotopic (exact) mass is 309 g/mol. The van der Waals surface area contributed by atoms with Crippen molar-refractivity contribution in [3.8, 4) is 0 Å². The van der Waals surface area contributed by atoms with Gasteiger partial charge in [0.05, 0.1) is 10.6 Å². The lowest BCUT2D eigenvalue weighted by molar-refractivity contribution is 0.0846. The molecule has 0 fully saturated rings. The first-order valence-corrected chi connectivity index (χ1v) is 6.29. The molecule has 20 heavy (non-hydrogen) atoms. The molecule has 0 radical (unpaired) electrons. The molecule has 1 aromatic carbocycles. The molecular formula is C13H9Cl2N3O2. The number of pyridine rings is 1. The van der Waals surface area contributed by atoms with Crippen LogP contribution in [0.2, 0.25) is 10.0 Å². The van der Waals surface area contributed by atoms with Crippen molar-refractivity contribution in [1.29, 1.82) is 0 Å². The minimum atomic E-state index is -0.556. The van der Waals surface area contributed by atoms with Gasteiger partial charge in [-0.15, -0.1) is 0 Å². The molecule has 0 aliphatic rings. The summed E-state index contributed by atoms with van der Waals surface area (Å²) in [5.41, 5.74) is 5.09. The standard InChI is InChI=1S/C13H9Cl2N3O2/c14-9-1-2-11(15)10(7-9)13(20)18-17-12(19)8-3-5-16-6-4-8/h1-7H,(H,17,19)(H,18,20). The highest BCUT2D eigenvalue weighted by Gasteiger charge is 2.12. The molecule has 0 unspecified atom stereocenters. The van der Waals surface area contributed by atoms with Gasteiger partial charge in [-0.2, -0.15) is 0 Å². The quantitative estimate of drug-likeness (QED) is 0.837. The predicted octanol–water partition coefficient (Wildman–Crippen LogP) is 2.46. The molecule has 0 saturated carbocycles. The largest absolute Gasteiger partial charge is 0.271 e. The Bertz CT molecular complexity index is 647. The number of rotatable bonds is 2. The van der Waals surface area contributed by atoms with Gasteiger partial charge < -0.3 is 0 Å². The Morgan fingerprint density at radius 1 is 0.950 bits per heavy atom. The van der Waals surface area contributed by atoms with Crippen LogP contribution in [0.5, 0.6) is 0 Å². The van der Waals surface area contributed by atoms with Gasteiger partial charge in [0.2, 0.25) is 0 Å². The molecule has 1 heterocycles. The number of nitrogens with one attached hydrogen (secondary N) is 2. The summed E-state index contributed by atoms with van der Waals surface area (Å²) in [6, 6.07) is 7.53. The SMILES string of the molecule is O=C(NNC(=O)c1cc(Cl)ccc1Cl)c1ccncc1. The number of hydrogen-bond acceptors (Lipinski definition) is 3. The third-order valence-corrected chi connectivity index (χ3v) is 2.97. The number of nitrogens with zero attached hydrogens (tertiary/aromatic N) is 1. The van der Waals surface area contributed by atoms with Gasteiger partial charge in [0.1, 0.15) is 0 Å². The summed E-state index contributed by atoms with van der Waals surface area (Å²) in [6.07, 6.45) is 2.95. The average Bonchev–Trinajstić information content (AvgIpc) is 2.47. The molecule has 0 bridgehead atoms. The van der Waals surface area contributed by atoms with Crippen molar-refractivity contribution < 1.29 is 9.59 Å². The molecule has 5 nitrogen and oxygen atoms in total. The Hall–Kier alpha value is -2.11. The maximum Gasteiger partial charge on any atom is 0.271 e. The number of aromatic nitrogens is 1. The van der Waals surface area contributed by atoms with Gasteiger partial charge in [0, 0.05) is 23.0 Å². The van der Waals surface area contributed by atoms with E-state index in [4.69, 9.17) is 23.2 Å². The number of halogens is 2. The minimum Gasteiger partial charge on any atom is -0.267 e. The maximum atomic E-state index is 11.9. The van der Waals surface area contributed by atoms with Crippen LogP contribution >= 0.6 is 23.2 Å². The topological polar surface area (TPSA) is 71.1 Å².